The third-order valence-corrected chi connectivity index (χ3v) is 4.98. The molecule has 0 saturated carbocycles. The highest BCUT2D eigenvalue weighted by Gasteiger charge is 2.30. The predicted octanol–water partition coefficient (Wildman–Crippen LogP) is 3.63. The van der Waals surface area contributed by atoms with Crippen molar-refractivity contribution in [3.8, 4) is 0 Å². The molecular weight excluding hydrogens is 402 g/mol. The van der Waals surface area contributed by atoms with Crippen LogP contribution in [-0.4, -0.2) is 36.5 Å². The van der Waals surface area contributed by atoms with Crippen LogP contribution < -0.4 is 11.1 Å². The van der Waals surface area contributed by atoms with Crippen LogP contribution in [0.25, 0.3) is 0 Å². The van der Waals surface area contributed by atoms with Crippen LogP contribution in [0.1, 0.15) is 17.9 Å². The Kier molecular flexibility index (Phi) is 7.44. The summed E-state index contributed by atoms with van der Waals surface area (Å²) in [5.74, 6) is 0.384. The highest BCUT2D eigenvalue weighted by molar-refractivity contribution is 9.10. The fraction of sp³-hybridized carbons (Fsp3) is 0.316. The fourth-order valence-electron chi connectivity index (χ4n) is 3.17. The Morgan fingerprint density at radius 1 is 1.12 bits per heavy atom. The summed E-state index contributed by atoms with van der Waals surface area (Å²) in [6.07, 6.45) is 0.476. The topological polar surface area (TPSA) is 58.4 Å². The second-order valence-electron chi connectivity index (χ2n) is 6.25. The van der Waals surface area contributed by atoms with E-state index in [1.165, 1.54) is 5.56 Å². The molecule has 0 aliphatic carbocycles. The van der Waals surface area contributed by atoms with Crippen LogP contribution in [0.5, 0.6) is 0 Å². The number of hydrogen-bond acceptors (Lipinski definition) is 3. The molecule has 0 radical (unpaired) electrons. The van der Waals surface area contributed by atoms with Crippen molar-refractivity contribution in [3.63, 3.8) is 0 Å². The molecule has 6 heteroatoms. The van der Waals surface area contributed by atoms with Gasteiger partial charge in [-0.15, -0.1) is 12.4 Å². The number of carbonyl (C=O) groups is 1. The van der Waals surface area contributed by atoms with Gasteiger partial charge in [0.25, 0.3) is 0 Å². The van der Waals surface area contributed by atoms with Gasteiger partial charge in [-0.05, 0) is 29.8 Å². The van der Waals surface area contributed by atoms with Crippen LogP contribution in [0.4, 0.5) is 5.69 Å². The zero-order valence-corrected chi connectivity index (χ0v) is 16.3. The number of anilines is 1. The van der Waals surface area contributed by atoms with E-state index in [1.807, 2.05) is 30.3 Å². The first-order valence-electron chi connectivity index (χ1n) is 8.20. The molecule has 3 rings (SSSR count). The van der Waals surface area contributed by atoms with E-state index in [1.54, 1.807) is 0 Å². The summed E-state index contributed by atoms with van der Waals surface area (Å²) in [4.78, 5) is 14.4. The highest BCUT2D eigenvalue weighted by Crippen LogP contribution is 2.26. The van der Waals surface area contributed by atoms with E-state index in [0.717, 1.165) is 29.8 Å². The molecule has 1 heterocycles. The maximum atomic E-state index is 12.1. The van der Waals surface area contributed by atoms with E-state index in [9.17, 15) is 4.79 Å². The number of rotatable bonds is 5. The van der Waals surface area contributed by atoms with Crippen molar-refractivity contribution in [1.29, 1.82) is 0 Å². The van der Waals surface area contributed by atoms with Gasteiger partial charge >= 0.3 is 0 Å². The lowest BCUT2D eigenvalue weighted by molar-refractivity contribution is -0.116. The number of amides is 1. The second-order valence-corrected chi connectivity index (χ2v) is 7.16. The zero-order chi connectivity index (χ0) is 16.9. The largest absolute Gasteiger partial charge is 0.326 e. The van der Waals surface area contributed by atoms with Crippen molar-refractivity contribution >= 4 is 39.9 Å². The Hall–Kier alpha value is -1.40. The lowest BCUT2D eigenvalue weighted by Crippen LogP contribution is -2.30. The third-order valence-electron chi connectivity index (χ3n) is 4.45. The fourth-order valence-corrected chi connectivity index (χ4v) is 3.43. The zero-order valence-electron chi connectivity index (χ0n) is 13.9. The molecule has 2 aromatic rings. The molecule has 4 nitrogen and oxygen atoms in total. The maximum Gasteiger partial charge on any atom is 0.225 e. The predicted molar refractivity (Wildman–Crippen MR) is 108 cm³/mol. The van der Waals surface area contributed by atoms with Crippen molar-refractivity contribution in [2.45, 2.75) is 18.4 Å². The van der Waals surface area contributed by atoms with Crippen LogP contribution in [-0.2, 0) is 4.79 Å². The Morgan fingerprint density at radius 3 is 2.48 bits per heavy atom. The average molecular weight is 425 g/mol. The molecule has 1 aliphatic rings. The standard InChI is InChI=1S/C19H22BrN3O.ClH/c20-15-6-8-16(9-7-15)22-19(24)10-11-23-12-17(18(21)13-23)14-4-2-1-3-5-14;/h1-9,17-18H,10-13,21H2,(H,22,24);1H/t17-,18+;/m0./s1. The van der Waals surface area contributed by atoms with Crippen LogP contribution in [0.15, 0.2) is 59.1 Å². The molecule has 1 amide bonds. The molecule has 2 aromatic carbocycles. The minimum atomic E-state index is 0. The van der Waals surface area contributed by atoms with E-state index >= 15 is 0 Å². The first-order valence-corrected chi connectivity index (χ1v) is 8.99. The summed E-state index contributed by atoms with van der Waals surface area (Å²) in [6, 6.07) is 18.1. The molecular formula is C19H23BrClN3O. The summed E-state index contributed by atoms with van der Waals surface area (Å²) in [7, 11) is 0. The minimum Gasteiger partial charge on any atom is -0.326 e. The Bertz CT molecular complexity index is 681. The number of likely N-dealkylation sites (tertiary alicyclic amines) is 1. The quantitative estimate of drug-likeness (QED) is 0.770. The average Bonchev–Trinajstić information content (AvgIpc) is 2.97. The van der Waals surface area contributed by atoms with Crippen molar-refractivity contribution in [3.05, 3.63) is 64.6 Å². The third kappa shape index (κ3) is 5.54. The summed E-state index contributed by atoms with van der Waals surface area (Å²) in [6.45, 7) is 2.49. The van der Waals surface area contributed by atoms with Gasteiger partial charge in [-0.1, -0.05) is 46.3 Å². The summed E-state index contributed by atoms with van der Waals surface area (Å²) >= 11 is 3.39. The lowest BCUT2D eigenvalue weighted by atomic mass is 9.95. The van der Waals surface area contributed by atoms with Crippen LogP contribution >= 0.6 is 28.3 Å². The first kappa shape index (κ1) is 19.9. The smallest absolute Gasteiger partial charge is 0.225 e. The van der Waals surface area contributed by atoms with E-state index in [0.29, 0.717) is 12.3 Å². The number of carbonyl (C=O) groups excluding carboxylic acids is 1. The van der Waals surface area contributed by atoms with Gasteiger partial charge < -0.3 is 16.0 Å². The van der Waals surface area contributed by atoms with Crippen molar-refractivity contribution in [1.82, 2.24) is 4.90 Å². The molecule has 1 aliphatic heterocycles. The van der Waals surface area contributed by atoms with Gasteiger partial charge in [0.05, 0.1) is 0 Å². The van der Waals surface area contributed by atoms with E-state index in [-0.39, 0.29) is 24.4 Å². The molecule has 3 N–H and O–H groups in total. The number of hydrogen-bond donors (Lipinski definition) is 2. The van der Waals surface area contributed by atoms with Gasteiger partial charge in [0, 0.05) is 48.2 Å². The number of nitrogens with zero attached hydrogens (tertiary/aromatic N) is 1. The molecule has 2 atom stereocenters. The lowest BCUT2D eigenvalue weighted by Gasteiger charge is -2.16. The number of nitrogens with one attached hydrogen (secondary N) is 1. The molecule has 1 fully saturated rings. The van der Waals surface area contributed by atoms with Crippen molar-refractivity contribution in [2.75, 3.05) is 25.0 Å². The Morgan fingerprint density at radius 2 is 1.80 bits per heavy atom. The Labute approximate surface area is 163 Å². The van der Waals surface area contributed by atoms with E-state index < -0.39 is 0 Å². The number of halogens is 2. The summed E-state index contributed by atoms with van der Waals surface area (Å²) in [5, 5.41) is 2.93. The molecule has 0 spiro atoms. The molecule has 25 heavy (non-hydrogen) atoms. The van der Waals surface area contributed by atoms with Gasteiger partial charge in [-0.3, -0.25) is 4.79 Å². The Balaban J connectivity index is 0.00000225. The normalized spacial score (nSPS) is 20.1. The summed E-state index contributed by atoms with van der Waals surface area (Å²) < 4.78 is 0.999. The highest BCUT2D eigenvalue weighted by atomic mass is 79.9. The number of benzene rings is 2. The van der Waals surface area contributed by atoms with Gasteiger partial charge in [0.15, 0.2) is 0 Å². The van der Waals surface area contributed by atoms with E-state index in [2.05, 4.69) is 50.4 Å². The first-order chi connectivity index (χ1) is 11.6. The molecule has 0 unspecified atom stereocenters. The number of nitrogens with two attached hydrogens (primary N) is 1. The molecule has 134 valence electrons. The van der Waals surface area contributed by atoms with Gasteiger partial charge in [0.2, 0.25) is 5.91 Å². The second kappa shape index (κ2) is 9.34. The monoisotopic (exact) mass is 423 g/mol. The minimum absolute atomic E-state index is 0. The van der Waals surface area contributed by atoms with Crippen LogP contribution in [0.2, 0.25) is 0 Å². The molecule has 0 aromatic heterocycles. The van der Waals surface area contributed by atoms with Crippen molar-refractivity contribution < 1.29 is 4.79 Å². The maximum absolute atomic E-state index is 12.1. The van der Waals surface area contributed by atoms with E-state index in [4.69, 9.17) is 5.73 Å². The van der Waals surface area contributed by atoms with Crippen LogP contribution in [0.3, 0.4) is 0 Å². The molecule has 1 saturated heterocycles. The summed E-state index contributed by atoms with van der Waals surface area (Å²) in [5.41, 5.74) is 8.41. The van der Waals surface area contributed by atoms with Gasteiger partial charge in [-0.2, -0.15) is 0 Å². The molecule has 0 bridgehead atoms. The van der Waals surface area contributed by atoms with Gasteiger partial charge in [0.1, 0.15) is 0 Å². The van der Waals surface area contributed by atoms with Gasteiger partial charge in [-0.25, -0.2) is 0 Å². The van der Waals surface area contributed by atoms with Crippen molar-refractivity contribution in [2.24, 2.45) is 5.73 Å². The van der Waals surface area contributed by atoms with Crippen LogP contribution in [0, 0.1) is 0 Å². The SMILES string of the molecule is Cl.N[C@@H]1CN(CCC(=O)Nc2ccc(Br)cc2)C[C@H]1c1ccccc1.